The highest BCUT2D eigenvalue weighted by atomic mass is 32.2. The number of rotatable bonds is 6. The van der Waals surface area contributed by atoms with Gasteiger partial charge in [0.15, 0.2) is 17.6 Å². The number of carbonyl (C=O) groups excluding carboxylic acids is 2. The lowest BCUT2D eigenvalue weighted by Gasteiger charge is -2.56. The molecule has 0 radical (unpaired) electrons. The lowest BCUT2D eigenvalue weighted by Crippen LogP contribution is -2.53. The Hall–Kier alpha value is -1.74. The van der Waals surface area contributed by atoms with Crippen LogP contribution in [0.2, 0.25) is 0 Å². The topological polar surface area (TPSA) is 107 Å². The molecule has 4 saturated carbocycles. The Bertz CT molecular complexity index is 1010. The third-order valence-corrected chi connectivity index (χ3v) is 10.6. The van der Waals surface area contributed by atoms with Gasteiger partial charge in [0.25, 0.3) is 0 Å². The maximum absolute atomic E-state index is 13.5. The number of sulfonamides is 1. The number of piperidine rings is 1. The second kappa shape index (κ2) is 8.18. The molecule has 33 heavy (non-hydrogen) atoms. The van der Waals surface area contributed by atoms with Gasteiger partial charge in [0, 0.05) is 18.5 Å². The number of ketones is 1. The van der Waals surface area contributed by atoms with Crippen LogP contribution in [0.25, 0.3) is 0 Å². The van der Waals surface area contributed by atoms with E-state index < -0.39 is 28.0 Å². The molecule has 5 fully saturated rings. The van der Waals surface area contributed by atoms with E-state index in [1.54, 1.807) is 20.8 Å². The van der Waals surface area contributed by atoms with Crippen LogP contribution in [-0.2, 0) is 24.3 Å². The molecule has 0 aromatic carbocycles. The number of carbonyl (C=O) groups is 2. The molecule has 1 aliphatic heterocycles. The average Bonchev–Trinajstić information content (AvgIpc) is 3.11. The van der Waals surface area contributed by atoms with Gasteiger partial charge in [-0.3, -0.25) is 9.59 Å². The molecule has 9 heteroatoms. The minimum atomic E-state index is -3.82. The average molecular weight is 479 g/mol. The molecular formula is C24H34N2O6S. The van der Waals surface area contributed by atoms with Gasteiger partial charge in [0.05, 0.1) is 5.92 Å². The van der Waals surface area contributed by atoms with Gasteiger partial charge in [0.1, 0.15) is 10.6 Å². The minimum Gasteiger partial charge on any atom is -0.454 e. The first-order valence-corrected chi connectivity index (χ1v) is 13.7. The number of nitrogens with zero attached hydrogens (tertiary/aromatic N) is 2. The Morgan fingerprint density at radius 2 is 1.73 bits per heavy atom. The Morgan fingerprint density at radius 3 is 2.27 bits per heavy atom. The van der Waals surface area contributed by atoms with Crippen LogP contribution in [0.5, 0.6) is 0 Å². The summed E-state index contributed by atoms with van der Waals surface area (Å²) >= 11 is 0. The Morgan fingerprint density at radius 1 is 1.12 bits per heavy atom. The van der Waals surface area contributed by atoms with Crippen LogP contribution in [0.15, 0.2) is 9.42 Å². The van der Waals surface area contributed by atoms with Crippen molar-refractivity contribution in [2.75, 3.05) is 13.1 Å². The molecular weight excluding hydrogens is 444 g/mol. The highest BCUT2D eigenvalue weighted by molar-refractivity contribution is 7.89. The molecule has 1 aromatic rings. The SMILES string of the molecule is Cc1noc(C)c1S(=O)(=O)N1CCC[C@@H](C(=O)O[C@@H](C)C(=O)C23CC4CC(CC(C4)C2)C3)C1. The highest BCUT2D eigenvalue weighted by Crippen LogP contribution is 2.60. The summed E-state index contributed by atoms with van der Waals surface area (Å²) in [4.78, 5) is 26.5. The van der Waals surface area contributed by atoms with Crippen LogP contribution in [0.3, 0.4) is 0 Å². The first-order chi connectivity index (χ1) is 15.6. The molecule has 5 aliphatic rings. The molecule has 0 N–H and O–H groups in total. The van der Waals surface area contributed by atoms with Crippen molar-refractivity contribution in [3.8, 4) is 0 Å². The van der Waals surface area contributed by atoms with Crippen molar-refractivity contribution in [3.63, 3.8) is 0 Å². The fourth-order valence-corrected chi connectivity index (χ4v) is 9.31. The number of aromatic nitrogens is 1. The van der Waals surface area contributed by atoms with Crippen molar-refractivity contribution < 1.29 is 27.3 Å². The normalized spacial score (nSPS) is 34.9. The maximum atomic E-state index is 13.5. The van der Waals surface area contributed by atoms with E-state index in [1.807, 2.05) is 0 Å². The van der Waals surface area contributed by atoms with Gasteiger partial charge in [-0.1, -0.05) is 5.16 Å². The van der Waals surface area contributed by atoms with E-state index >= 15 is 0 Å². The summed E-state index contributed by atoms with van der Waals surface area (Å²) in [5, 5.41) is 3.76. The van der Waals surface area contributed by atoms with E-state index in [9.17, 15) is 18.0 Å². The van der Waals surface area contributed by atoms with Gasteiger partial charge in [-0.2, -0.15) is 4.31 Å². The van der Waals surface area contributed by atoms with Crippen LogP contribution in [0, 0.1) is 42.9 Å². The molecule has 182 valence electrons. The Labute approximate surface area is 195 Å². The van der Waals surface area contributed by atoms with Gasteiger partial charge in [-0.05, 0) is 89.9 Å². The lowest BCUT2D eigenvalue weighted by molar-refractivity contribution is -0.168. The standard InChI is InChI=1S/C24H34N2O6S/c1-14-21(15(2)32-25-14)33(29,30)26-6-4-5-20(13-26)23(28)31-16(3)22(27)24-10-17-7-18(11-24)9-19(8-17)12-24/h16-20H,4-13H2,1-3H3/t16-,17?,18?,19?,20+,24?/m0/s1. The largest absolute Gasteiger partial charge is 0.454 e. The van der Waals surface area contributed by atoms with E-state index in [-0.39, 0.29) is 28.4 Å². The van der Waals surface area contributed by atoms with Gasteiger partial charge in [-0.25, -0.2) is 8.42 Å². The molecule has 1 saturated heterocycles. The first kappa shape index (κ1) is 23.0. The minimum absolute atomic E-state index is 0.0451. The molecule has 1 aromatic heterocycles. The molecule has 2 atom stereocenters. The quantitative estimate of drug-likeness (QED) is 0.577. The van der Waals surface area contributed by atoms with Gasteiger partial charge in [0.2, 0.25) is 10.0 Å². The van der Waals surface area contributed by atoms with Crippen molar-refractivity contribution >= 4 is 21.8 Å². The molecule has 0 amide bonds. The first-order valence-electron chi connectivity index (χ1n) is 12.3. The Kier molecular flexibility index (Phi) is 5.71. The van der Waals surface area contributed by atoms with Crippen LogP contribution >= 0.6 is 0 Å². The molecule has 0 unspecified atom stereocenters. The molecule has 4 aliphatic carbocycles. The van der Waals surface area contributed by atoms with E-state index in [0.29, 0.717) is 42.8 Å². The third-order valence-electron chi connectivity index (χ3n) is 8.51. The van der Waals surface area contributed by atoms with Gasteiger partial charge in [-0.15, -0.1) is 0 Å². The zero-order valence-electron chi connectivity index (χ0n) is 19.7. The van der Waals surface area contributed by atoms with Crippen LogP contribution in [0.4, 0.5) is 0 Å². The molecule has 4 bridgehead atoms. The van der Waals surface area contributed by atoms with Crippen molar-refractivity contribution in [1.82, 2.24) is 9.46 Å². The van der Waals surface area contributed by atoms with Crippen LogP contribution in [-0.4, -0.2) is 48.8 Å². The summed E-state index contributed by atoms with van der Waals surface area (Å²) in [6.45, 7) is 5.23. The number of aryl methyl sites for hydroxylation is 2. The van der Waals surface area contributed by atoms with E-state index in [1.165, 1.54) is 23.6 Å². The van der Waals surface area contributed by atoms with Crippen LogP contribution < -0.4 is 0 Å². The highest BCUT2D eigenvalue weighted by Gasteiger charge is 2.55. The summed E-state index contributed by atoms with van der Waals surface area (Å²) in [6.07, 6.45) is 6.87. The molecule has 8 nitrogen and oxygen atoms in total. The Balaban J connectivity index is 1.25. The summed E-state index contributed by atoms with van der Waals surface area (Å²) in [5.41, 5.74) is -0.00769. The molecule has 6 rings (SSSR count). The number of Topliss-reactive ketones (excluding diaryl/α,β-unsaturated/α-hetero) is 1. The maximum Gasteiger partial charge on any atom is 0.310 e. The summed E-state index contributed by atoms with van der Waals surface area (Å²) in [7, 11) is -3.82. The summed E-state index contributed by atoms with van der Waals surface area (Å²) in [5.74, 6) is 1.19. The predicted octanol–water partition coefficient (Wildman–Crippen LogP) is 3.41. The lowest BCUT2D eigenvalue weighted by atomic mass is 9.48. The predicted molar refractivity (Wildman–Crippen MR) is 119 cm³/mol. The molecule has 0 spiro atoms. The van der Waals surface area contributed by atoms with Crippen molar-refractivity contribution in [3.05, 3.63) is 11.5 Å². The summed E-state index contributed by atoms with van der Waals surface area (Å²) < 4.78 is 38.4. The number of hydrogen-bond donors (Lipinski definition) is 0. The monoisotopic (exact) mass is 478 g/mol. The van der Waals surface area contributed by atoms with E-state index in [2.05, 4.69) is 5.16 Å². The van der Waals surface area contributed by atoms with Crippen LogP contribution in [0.1, 0.15) is 69.7 Å². The zero-order chi connectivity index (χ0) is 23.5. The van der Waals surface area contributed by atoms with Crippen molar-refractivity contribution in [2.24, 2.45) is 29.1 Å². The summed E-state index contributed by atoms with van der Waals surface area (Å²) in [6, 6.07) is 0. The fourth-order valence-electron chi connectivity index (χ4n) is 7.49. The number of hydrogen-bond acceptors (Lipinski definition) is 7. The number of esters is 1. The van der Waals surface area contributed by atoms with Gasteiger partial charge >= 0.3 is 5.97 Å². The zero-order valence-corrected chi connectivity index (χ0v) is 20.5. The number of ether oxygens (including phenoxy) is 1. The van der Waals surface area contributed by atoms with Crippen molar-refractivity contribution in [1.29, 1.82) is 0 Å². The third kappa shape index (κ3) is 3.95. The fraction of sp³-hybridized carbons (Fsp3) is 0.792. The smallest absolute Gasteiger partial charge is 0.310 e. The van der Waals surface area contributed by atoms with Crippen molar-refractivity contribution in [2.45, 2.75) is 83.1 Å². The molecule has 2 heterocycles. The second-order valence-electron chi connectivity index (χ2n) is 11.0. The second-order valence-corrected chi connectivity index (χ2v) is 12.9. The van der Waals surface area contributed by atoms with E-state index in [4.69, 9.17) is 9.26 Å². The van der Waals surface area contributed by atoms with Gasteiger partial charge < -0.3 is 9.26 Å². The van der Waals surface area contributed by atoms with E-state index in [0.717, 1.165) is 19.3 Å².